The highest BCUT2D eigenvalue weighted by Gasteiger charge is 2.25. The molecule has 1 rings (SSSR count). The van der Waals surface area contributed by atoms with Gasteiger partial charge in [-0.2, -0.15) is 0 Å². The van der Waals surface area contributed by atoms with E-state index in [2.05, 4.69) is 4.98 Å². The van der Waals surface area contributed by atoms with Crippen LogP contribution in [0.1, 0.15) is 58.8 Å². The Morgan fingerprint density at radius 1 is 1.06 bits per heavy atom. The first-order valence-corrected chi connectivity index (χ1v) is 5.73. The van der Waals surface area contributed by atoms with Crippen LogP contribution < -0.4 is 0 Å². The maximum Gasteiger partial charge on any atom is 0.353 e. The second-order valence-electron chi connectivity index (χ2n) is 3.94. The first-order valence-electron chi connectivity index (χ1n) is 5.73. The Hall–Kier alpha value is -1.78. The molecule has 5 heteroatoms. The van der Waals surface area contributed by atoms with E-state index >= 15 is 0 Å². The molecule has 0 spiro atoms. The first-order chi connectivity index (χ1) is 8.02. The highest BCUT2D eigenvalue weighted by Crippen LogP contribution is 2.22. The molecule has 0 aliphatic heterocycles. The van der Waals surface area contributed by atoms with E-state index in [9.17, 15) is 9.59 Å². The molecule has 5 nitrogen and oxygen atoms in total. The molecule has 0 amide bonds. The fourth-order valence-electron chi connectivity index (χ4n) is 1.98. The zero-order valence-electron chi connectivity index (χ0n) is 10.0. The van der Waals surface area contributed by atoms with Crippen molar-refractivity contribution in [1.29, 1.82) is 0 Å². The van der Waals surface area contributed by atoms with Crippen molar-refractivity contribution in [1.82, 2.24) is 4.98 Å². The van der Waals surface area contributed by atoms with Crippen LogP contribution in [0, 0.1) is 0 Å². The smallest absolute Gasteiger partial charge is 0.353 e. The van der Waals surface area contributed by atoms with Crippen LogP contribution >= 0.6 is 0 Å². The Morgan fingerprint density at radius 3 is 2.06 bits per heavy atom. The molecule has 0 saturated carbocycles. The number of carboxylic acids is 2. The van der Waals surface area contributed by atoms with Crippen molar-refractivity contribution in [3.63, 3.8) is 0 Å². The van der Waals surface area contributed by atoms with Gasteiger partial charge in [-0.3, -0.25) is 0 Å². The summed E-state index contributed by atoms with van der Waals surface area (Å²) in [6.07, 6.45) is 2.88. The van der Waals surface area contributed by atoms with Gasteiger partial charge in [0, 0.05) is 5.69 Å². The highest BCUT2D eigenvalue weighted by molar-refractivity contribution is 6.02. The number of carboxylic acid groups (broad SMARTS) is 2. The summed E-state index contributed by atoms with van der Waals surface area (Å²) < 4.78 is 0. The van der Waals surface area contributed by atoms with E-state index in [4.69, 9.17) is 10.2 Å². The first kappa shape index (κ1) is 13.3. The van der Waals surface area contributed by atoms with Crippen LogP contribution in [0.15, 0.2) is 0 Å². The van der Waals surface area contributed by atoms with Crippen molar-refractivity contribution < 1.29 is 19.8 Å². The van der Waals surface area contributed by atoms with Gasteiger partial charge in [0.25, 0.3) is 0 Å². The highest BCUT2D eigenvalue weighted by atomic mass is 16.4. The molecule has 0 unspecified atom stereocenters. The van der Waals surface area contributed by atoms with Crippen molar-refractivity contribution >= 4 is 11.9 Å². The van der Waals surface area contributed by atoms with E-state index in [0.29, 0.717) is 18.4 Å². The standard InChI is InChI=1S/C12H17NO4/c1-3-5-7-8(6-4-2)13-10(12(16)17)9(7)11(14)15/h13H,3-6H2,1-2H3,(H,14,15)(H,16,17). The van der Waals surface area contributed by atoms with E-state index in [1.54, 1.807) is 0 Å². The molecule has 3 N–H and O–H groups in total. The van der Waals surface area contributed by atoms with Gasteiger partial charge in [0.15, 0.2) is 0 Å². The van der Waals surface area contributed by atoms with Gasteiger partial charge in [-0.1, -0.05) is 26.7 Å². The summed E-state index contributed by atoms with van der Waals surface area (Å²) in [6.45, 7) is 3.91. The Balaban J connectivity index is 3.37. The number of aromatic nitrogens is 1. The second-order valence-corrected chi connectivity index (χ2v) is 3.94. The predicted octanol–water partition coefficient (Wildman–Crippen LogP) is 2.32. The average Bonchev–Trinajstić information content (AvgIpc) is 2.59. The third-order valence-electron chi connectivity index (χ3n) is 2.62. The van der Waals surface area contributed by atoms with Crippen LogP contribution in [0.2, 0.25) is 0 Å². The minimum Gasteiger partial charge on any atom is -0.478 e. The SMILES string of the molecule is CCCc1[nH]c(C(=O)O)c(C(=O)O)c1CCC. The molecule has 0 fully saturated rings. The molecule has 0 atom stereocenters. The number of aromatic amines is 1. The van der Waals surface area contributed by atoms with Crippen LogP contribution in [0.5, 0.6) is 0 Å². The fourth-order valence-corrected chi connectivity index (χ4v) is 1.98. The van der Waals surface area contributed by atoms with E-state index in [0.717, 1.165) is 18.5 Å². The number of carbonyl (C=O) groups is 2. The van der Waals surface area contributed by atoms with Crippen LogP contribution in [-0.4, -0.2) is 27.1 Å². The summed E-state index contributed by atoms with van der Waals surface area (Å²) in [6, 6.07) is 0. The lowest BCUT2D eigenvalue weighted by atomic mass is 10.0. The molecule has 1 aromatic rings. The van der Waals surface area contributed by atoms with Gasteiger partial charge >= 0.3 is 11.9 Å². The summed E-state index contributed by atoms with van der Waals surface area (Å²) in [5.74, 6) is -2.40. The molecular weight excluding hydrogens is 222 g/mol. The summed E-state index contributed by atoms with van der Waals surface area (Å²) in [7, 11) is 0. The van der Waals surface area contributed by atoms with Gasteiger partial charge in [0.2, 0.25) is 0 Å². The lowest BCUT2D eigenvalue weighted by Gasteiger charge is -2.02. The molecule has 0 radical (unpaired) electrons. The van der Waals surface area contributed by atoms with Gasteiger partial charge in [0.1, 0.15) is 5.69 Å². The number of rotatable bonds is 6. The molecule has 0 aliphatic carbocycles. The summed E-state index contributed by atoms with van der Waals surface area (Å²) >= 11 is 0. The van der Waals surface area contributed by atoms with Gasteiger partial charge in [-0.25, -0.2) is 9.59 Å². The van der Waals surface area contributed by atoms with Crippen molar-refractivity contribution in [2.45, 2.75) is 39.5 Å². The molecule has 0 saturated heterocycles. The van der Waals surface area contributed by atoms with Gasteiger partial charge in [0.05, 0.1) is 5.56 Å². The zero-order valence-corrected chi connectivity index (χ0v) is 10.0. The van der Waals surface area contributed by atoms with Crippen LogP contribution in [-0.2, 0) is 12.8 Å². The van der Waals surface area contributed by atoms with Crippen LogP contribution in [0.25, 0.3) is 0 Å². The van der Waals surface area contributed by atoms with Crippen molar-refractivity contribution in [3.05, 3.63) is 22.5 Å². The number of aryl methyl sites for hydroxylation is 1. The predicted molar refractivity (Wildman–Crippen MR) is 62.7 cm³/mol. The summed E-state index contributed by atoms with van der Waals surface area (Å²) in [5, 5.41) is 18.1. The monoisotopic (exact) mass is 239 g/mol. The third kappa shape index (κ3) is 2.67. The van der Waals surface area contributed by atoms with Gasteiger partial charge in [-0.15, -0.1) is 0 Å². The zero-order chi connectivity index (χ0) is 13.0. The molecular formula is C12H17NO4. The molecule has 0 bridgehead atoms. The fraction of sp³-hybridized carbons (Fsp3) is 0.500. The lowest BCUT2D eigenvalue weighted by Crippen LogP contribution is -2.08. The quantitative estimate of drug-likeness (QED) is 0.710. The number of hydrogen-bond acceptors (Lipinski definition) is 2. The van der Waals surface area contributed by atoms with E-state index < -0.39 is 11.9 Å². The number of nitrogens with one attached hydrogen (secondary N) is 1. The van der Waals surface area contributed by atoms with E-state index in [1.165, 1.54) is 0 Å². The second kappa shape index (κ2) is 5.52. The number of aromatic carboxylic acids is 2. The maximum absolute atomic E-state index is 11.2. The molecule has 0 aromatic carbocycles. The lowest BCUT2D eigenvalue weighted by molar-refractivity contribution is 0.0647. The normalized spacial score (nSPS) is 10.5. The Bertz CT molecular complexity index is 434. The molecule has 17 heavy (non-hydrogen) atoms. The Kier molecular flexibility index (Phi) is 4.31. The topological polar surface area (TPSA) is 90.4 Å². The largest absolute Gasteiger partial charge is 0.478 e. The minimum atomic E-state index is -1.22. The number of hydrogen-bond donors (Lipinski definition) is 3. The van der Waals surface area contributed by atoms with Crippen molar-refractivity contribution in [3.8, 4) is 0 Å². The average molecular weight is 239 g/mol. The molecule has 94 valence electrons. The molecule has 1 aromatic heterocycles. The minimum absolute atomic E-state index is 0.0807. The summed E-state index contributed by atoms with van der Waals surface area (Å²) in [5.41, 5.74) is 1.09. The van der Waals surface area contributed by atoms with Crippen LogP contribution in [0.3, 0.4) is 0 Å². The van der Waals surface area contributed by atoms with E-state index in [-0.39, 0.29) is 11.3 Å². The molecule has 1 heterocycles. The van der Waals surface area contributed by atoms with Crippen LogP contribution in [0.4, 0.5) is 0 Å². The Morgan fingerprint density at radius 2 is 1.65 bits per heavy atom. The van der Waals surface area contributed by atoms with Gasteiger partial charge < -0.3 is 15.2 Å². The van der Waals surface area contributed by atoms with Crippen molar-refractivity contribution in [2.24, 2.45) is 0 Å². The number of H-pyrrole nitrogens is 1. The van der Waals surface area contributed by atoms with Gasteiger partial charge in [-0.05, 0) is 18.4 Å². The van der Waals surface area contributed by atoms with Crippen molar-refractivity contribution in [2.75, 3.05) is 0 Å². The Labute approximate surface area is 99.5 Å². The van der Waals surface area contributed by atoms with E-state index in [1.807, 2.05) is 13.8 Å². The third-order valence-corrected chi connectivity index (χ3v) is 2.62. The summed E-state index contributed by atoms with van der Waals surface area (Å²) in [4.78, 5) is 24.9. The maximum atomic E-state index is 11.2. The molecule has 0 aliphatic rings.